The van der Waals surface area contributed by atoms with Gasteiger partial charge in [-0.15, -0.1) is 16.4 Å². The van der Waals surface area contributed by atoms with E-state index >= 15 is 0 Å². The first kappa shape index (κ1) is 16.1. The summed E-state index contributed by atoms with van der Waals surface area (Å²) in [7, 11) is 0. The Morgan fingerprint density at radius 3 is 2.32 bits per heavy atom. The van der Waals surface area contributed by atoms with Crippen LogP contribution in [0.15, 0.2) is 53.9 Å². The van der Waals surface area contributed by atoms with Crippen LogP contribution in [-0.2, 0) is 0 Å². The van der Waals surface area contributed by atoms with Crippen molar-refractivity contribution in [1.29, 1.82) is 0 Å². The number of fused-ring (bicyclic) bond motifs is 1. The summed E-state index contributed by atoms with van der Waals surface area (Å²) >= 11 is 13.2. The summed E-state index contributed by atoms with van der Waals surface area (Å²) in [6, 6.07) is 14.1. The van der Waals surface area contributed by atoms with E-state index in [1.807, 2.05) is 29.6 Å². The normalized spacial score (nSPS) is 11.0. The number of nitrogens with zero attached hydrogens (tertiary/aromatic N) is 3. The van der Waals surface area contributed by atoms with Crippen molar-refractivity contribution in [2.75, 3.05) is 5.32 Å². The van der Waals surface area contributed by atoms with Gasteiger partial charge in [0.05, 0.1) is 5.69 Å². The quantitative estimate of drug-likeness (QED) is 0.536. The number of hydrogen-bond acceptors (Lipinski definition) is 4. The summed E-state index contributed by atoms with van der Waals surface area (Å²) in [5.74, 6) is -0.0371. The minimum atomic E-state index is -0.289. The Morgan fingerprint density at radius 1 is 1.00 bits per heavy atom. The zero-order valence-electron chi connectivity index (χ0n) is 12.6. The maximum absolute atomic E-state index is 12.3. The lowest BCUT2D eigenvalue weighted by molar-refractivity contribution is 0.102. The number of benzene rings is 2. The molecule has 124 valence electrons. The molecule has 0 aliphatic rings. The number of carbonyl (C=O) groups excluding carboxylic acids is 1. The zero-order valence-corrected chi connectivity index (χ0v) is 14.9. The number of carbonyl (C=O) groups is 1. The molecule has 0 saturated carbocycles. The van der Waals surface area contributed by atoms with Gasteiger partial charge in [-0.2, -0.15) is 4.98 Å². The zero-order chi connectivity index (χ0) is 17.4. The Kier molecular flexibility index (Phi) is 4.17. The van der Waals surface area contributed by atoms with Crippen molar-refractivity contribution in [2.24, 2.45) is 0 Å². The van der Waals surface area contributed by atoms with Gasteiger partial charge < -0.3 is 0 Å². The highest BCUT2D eigenvalue weighted by Gasteiger charge is 2.14. The molecule has 0 aliphatic heterocycles. The van der Waals surface area contributed by atoms with Gasteiger partial charge >= 0.3 is 0 Å². The highest BCUT2D eigenvalue weighted by Crippen LogP contribution is 2.27. The molecule has 8 heteroatoms. The van der Waals surface area contributed by atoms with Gasteiger partial charge in [0.1, 0.15) is 0 Å². The van der Waals surface area contributed by atoms with Crippen molar-refractivity contribution in [3.63, 3.8) is 0 Å². The average Bonchev–Trinajstić information content (AvgIpc) is 3.16. The molecule has 5 nitrogen and oxygen atoms in total. The lowest BCUT2D eigenvalue weighted by Gasteiger charge is -2.01. The Morgan fingerprint density at radius 2 is 1.64 bits per heavy atom. The van der Waals surface area contributed by atoms with Crippen LogP contribution in [0.4, 0.5) is 5.95 Å². The number of halogens is 2. The van der Waals surface area contributed by atoms with Gasteiger partial charge in [0.25, 0.3) is 11.9 Å². The van der Waals surface area contributed by atoms with Crippen molar-refractivity contribution < 1.29 is 4.79 Å². The molecule has 1 N–H and O–H groups in total. The van der Waals surface area contributed by atoms with Crippen LogP contribution in [0.2, 0.25) is 10.0 Å². The number of hydrogen-bond donors (Lipinski definition) is 1. The highest BCUT2D eigenvalue weighted by atomic mass is 35.5. The average molecular weight is 389 g/mol. The minimum Gasteiger partial charge on any atom is -0.289 e. The molecule has 0 unspecified atom stereocenters. The molecular weight excluding hydrogens is 379 g/mol. The number of nitrogens with one attached hydrogen (secondary N) is 1. The summed E-state index contributed by atoms with van der Waals surface area (Å²) in [5.41, 5.74) is 2.34. The third-order valence-corrected chi connectivity index (χ3v) is 4.87. The van der Waals surface area contributed by atoms with E-state index in [1.54, 1.807) is 28.8 Å². The van der Waals surface area contributed by atoms with Gasteiger partial charge in [0.15, 0.2) is 0 Å². The molecule has 4 rings (SSSR count). The molecule has 0 aliphatic carbocycles. The van der Waals surface area contributed by atoms with Gasteiger partial charge in [0, 0.05) is 26.6 Å². The fourth-order valence-electron chi connectivity index (χ4n) is 2.33. The Bertz CT molecular complexity index is 1050. The van der Waals surface area contributed by atoms with Crippen LogP contribution in [0.25, 0.3) is 16.2 Å². The van der Waals surface area contributed by atoms with Crippen molar-refractivity contribution in [3.8, 4) is 11.3 Å². The van der Waals surface area contributed by atoms with Crippen molar-refractivity contribution >= 4 is 51.4 Å². The molecule has 25 heavy (non-hydrogen) atoms. The van der Waals surface area contributed by atoms with E-state index in [9.17, 15) is 4.79 Å². The molecule has 0 saturated heterocycles. The lowest BCUT2D eigenvalue weighted by atomic mass is 10.2. The first-order valence-electron chi connectivity index (χ1n) is 7.27. The van der Waals surface area contributed by atoms with Crippen molar-refractivity contribution in [3.05, 3.63) is 69.5 Å². The highest BCUT2D eigenvalue weighted by molar-refractivity contribution is 7.15. The summed E-state index contributed by atoms with van der Waals surface area (Å²) < 4.78 is 1.70. The predicted molar refractivity (Wildman–Crippen MR) is 101 cm³/mol. The summed E-state index contributed by atoms with van der Waals surface area (Å²) in [6.07, 6.45) is 0. The van der Waals surface area contributed by atoms with Gasteiger partial charge in [-0.25, -0.2) is 4.52 Å². The smallest absolute Gasteiger partial charge is 0.258 e. The molecular formula is C17H10Cl2N4OS. The molecule has 2 heterocycles. The number of aromatic nitrogens is 3. The third-order valence-electron chi connectivity index (χ3n) is 3.55. The van der Waals surface area contributed by atoms with Crippen LogP contribution in [0.3, 0.4) is 0 Å². The van der Waals surface area contributed by atoms with Crippen LogP contribution in [-0.4, -0.2) is 20.5 Å². The third kappa shape index (κ3) is 3.24. The Balaban J connectivity index is 1.62. The van der Waals surface area contributed by atoms with E-state index in [-0.39, 0.29) is 11.9 Å². The predicted octanol–water partition coefficient (Wildman–Crippen LogP) is 5.02. The molecule has 0 atom stereocenters. The van der Waals surface area contributed by atoms with Crippen LogP contribution in [0.5, 0.6) is 0 Å². The van der Waals surface area contributed by atoms with E-state index in [2.05, 4.69) is 15.4 Å². The molecule has 0 spiro atoms. The van der Waals surface area contributed by atoms with E-state index in [0.717, 1.165) is 11.3 Å². The van der Waals surface area contributed by atoms with Crippen LogP contribution in [0, 0.1) is 0 Å². The van der Waals surface area contributed by atoms with E-state index in [0.29, 0.717) is 20.6 Å². The fraction of sp³-hybridized carbons (Fsp3) is 0. The van der Waals surface area contributed by atoms with E-state index < -0.39 is 0 Å². The Hall–Kier alpha value is -2.41. The van der Waals surface area contributed by atoms with Crippen molar-refractivity contribution in [1.82, 2.24) is 14.6 Å². The number of thiazole rings is 1. The van der Waals surface area contributed by atoms with Crippen molar-refractivity contribution in [2.45, 2.75) is 0 Å². The number of amides is 1. The van der Waals surface area contributed by atoms with Gasteiger partial charge in [-0.1, -0.05) is 35.3 Å². The van der Waals surface area contributed by atoms with Crippen LogP contribution >= 0.6 is 34.5 Å². The monoisotopic (exact) mass is 388 g/mol. The summed E-state index contributed by atoms with van der Waals surface area (Å²) in [6.45, 7) is 0. The van der Waals surface area contributed by atoms with Crippen LogP contribution in [0.1, 0.15) is 10.4 Å². The molecule has 2 aromatic heterocycles. The van der Waals surface area contributed by atoms with Gasteiger partial charge in [-0.05, 0) is 36.4 Å². The molecule has 0 radical (unpaired) electrons. The molecule has 0 bridgehead atoms. The Labute approximate surface area is 156 Å². The molecule has 4 aromatic rings. The molecule has 2 aromatic carbocycles. The number of anilines is 1. The second kappa shape index (κ2) is 6.48. The standard InChI is InChI=1S/C17H10Cl2N4OS/c18-12-5-1-10(2-6-12)14-9-25-17-21-16(22-23(14)17)20-15(24)11-3-7-13(19)8-4-11/h1-9H,(H,20,22,24). The second-order valence-electron chi connectivity index (χ2n) is 5.22. The summed E-state index contributed by atoms with van der Waals surface area (Å²) in [5, 5.41) is 10.3. The van der Waals surface area contributed by atoms with Gasteiger partial charge in [-0.3, -0.25) is 10.1 Å². The SMILES string of the molecule is O=C(Nc1nc2scc(-c3ccc(Cl)cc3)n2n1)c1ccc(Cl)cc1. The minimum absolute atomic E-state index is 0.252. The first-order valence-corrected chi connectivity index (χ1v) is 8.91. The summed E-state index contributed by atoms with van der Waals surface area (Å²) in [4.78, 5) is 17.3. The van der Waals surface area contributed by atoms with Crippen LogP contribution < -0.4 is 5.32 Å². The lowest BCUT2D eigenvalue weighted by Crippen LogP contribution is -2.13. The molecule has 1 amide bonds. The van der Waals surface area contributed by atoms with Gasteiger partial charge in [0.2, 0.25) is 4.96 Å². The fourth-order valence-corrected chi connectivity index (χ4v) is 3.41. The van der Waals surface area contributed by atoms with E-state index in [1.165, 1.54) is 11.3 Å². The number of rotatable bonds is 3. The topological polar surface area (TPSA) is 59.3 Å². The largest absolute Gasteiger partial charge is 0.289 e. The second-order valence-corrected chi connectivity index (χ2v) is 6.93. The first-order chi connectivity index (χ1) is 12.1. The maximum Gasteiger partial charge on any atom is 0.258 e. The molecule has 0 fully saturated rings. The maximum atomic E-state index is 12.3. The van der Waals surface area contributed by atoms with E-state index in [4.69, 9.17) is 23.2 Å².